The monoisotopic (exact) mass is 164 g/mol. The molecule has 0 fully saturated rings. The maximum absolute atomic E-state index is 5.30. The van der Waals surface area contributed by atoms with Gasteiger partial charge in [-0.05, 0) is 30.9 Å². The number of rotatable bonds is 3. The summed E-state index contributed by atoms with van der Waals surface area (Å²) in [7, 11) is 1.77. The Balaban J connectivity index is 2.72. The van der Waals surface area contributed by atoms with E-state index in [9.17, 15) is 0 Å². The molecule has 0 aliphatic heterocycles. The van der Waals surface area contributed by atoms with Gasteiger partial charge in [-0.1, -0.05) is 24.8 Å². The van der Waals surface area contributed by atoms with Gasteiger partial charge in [-0.2, -0.15) is 0 Å². The Labute approximate surface area is 74.4 Å². The predicted octanol–water partition coefficient (Wildman–Crippen LogP) is 2.85. The van der Waals surface area contributed by atoms with Gasteiger partial charge in [0.25, 0.3) is 0 Å². The fraction of sp³-hybridized carbons (Fsp3) is 0.455. The van der Waals surface area contributed by atoms with Gasteiger partial charge in [0.15, 0.2) is 0 Å². The van der Waals surface area contributed by atoms with Gasteiger partial charge in [0.2, 0.25) is 0 Å². The first kappa shape index (κ1) is 9.27. The highest BCUT2D eigenvalue weighted by molar-refractivity contribution is 5.37. The molecule has 66 valence electrons. The molecule has 0 aromatic rings. The summed E-state index contributed by atoms with van der Waals surface area (Å²) in [6, 6.07) is 0. The van der Waals surface area contributed by atoms with Crippen LogP contribution in [-0.4, -0.2) is 13.2 Å². The molecular formula is C11H16O. The maximum atomic E-state index is 5.30. The molecule has 0 spiro atoms. The average molecular weight is 164 g/mol. The number of methoxy groups -OCH3 is 1. The van der Waals surface area contributed by atoms with Gasteiger partial charge in [0.1, 0.15) is 0 Å². The van der Waals surface area contributed by atoms with Crippen LogP contribution in [0.5, 0.6) is 0 Å². The molecular weight excluding hydrogens is 148 g/mol. The highest BCUT2D eigenvalue weighted by Crippen LogP contribution is 2.29. The van der Waals surface area contributed by atoms with Crippen molar-refractivity contribution in [2.75, 3.05) is 7.11 Å². The van der Waals surface area contributed by atoms with Crippen LogP contribution < -0.4 is 0 Å². The molecule has 1 unspecified atom stereocenters. The zero-order valence-electron chi connectivity index (χ0n) is 7.84. The summed E-state index contributed by atoms with van der Waals surface area (Å²) in [6.45, 7) is 5.83. The molecule has 0 saturated heterocycles. The third-order valence-corrected chi connectivity index (χ3v) is 2.26. The fourth-order valence-electron chi connectivity index (χ4n) is 1.58. The van der Waals surface area contributed by atoms with E-state index in [0.717, 1.165) is 12.8 Å². The first-order valence-electron chi connectivity index (χ1n) is 4.31. The third-order valence-electron chi connectivity index (χ3n) is 2.26. The van der Waals surface area contributed by atoms with Gasteiger partial charge in [-0.15, -0.1) is 0 Å². The number of ether oxygens (including phenoxy) is 1. The van der Waals surface area contributed by atoms with Crippen LogP contribution in [0, 0.1) is 0 Å². The van der Waals surface area contributed by atoms with E-state index in [1.54, 1.807) is 7.11 Å². The van der Waals surface area contributed by atoms with Gasteiger partial charge in [0.05, 0.1) is 6.10 Å². The molecule has 0 saturated carbocycles. The minimum absolute atomic E-state index is 0.365. The summed E-state index contributed by atoms with van der Waals surface area (Å²) in [5.41, 5.74) is 2.71. The second-order valence-corrected chi connectivity index (χ2v) is 3.02. The van der Waals surface area contributed by atoms with Gasteiger partial charge in [-0.25, -0.2) is 0 Å². The topological polar surface area (TPSA) is 9.23 Å². The molecule has 0 bridgehead atoms. The number of hydrogen-bond acceptors (Lipinski definition) is 1. The second-order valence-electron chi connectivity index (χ2n) is 3.02. The van der Waals surface area contributed by atoms with Crippen molar-refractivity contribution in [2.24, 2.45) is 0 Å². The smallest absolute Gasteiger partial charge is 0.0652 e. The van der Waals surface area contributed by atoms with E-state index in [1.807, 2.05) is 13.0 Å². The van der Waals surface area contributed by atoms with E-state index < -0.39 is 0 Å². The van der Waals surface area contributed by atoms with Crippen LogP contribution in [0.2, 0.25) is 0 Å². The molecule has 0 aromatic heterocycles. The fourth-order valence-corrected chi connectivity index (χ4v) is 1.58. The Kier molecular flexibility index (Phi) is 3.30. The molecule has 0 radical (unpaired) electrons. The van der Waals surface area contributed by atoms with Crippen molar-refractivity contribution in [3.63, 3.8) is 0 Å². The SMILES string of the molecule is C=CC1=C(/C=C\C)CC(OC)C1. The van der Waals surface area contributed by atoms with Crippen LogP contribution in [0.3, 0.4) is 0 Å². The molecule has 1 nitrogen and oxygen atoms in total. The van der Waals surface area contributed by atoms with E-state index in [1.165, 1.54) is 11.1 Å². The van der Waals surface area contributed by atoms with Crippen molar-refractivity contribution < 1.29 is 4.74 Å². The standard InChI is InChI=1S/C11H16O/c1-4-6-10-8-11(12-3)7-9(10)5-2/h4-6,11H,2,7-8H2,1,3H3/b6-4-. The Hall–Kier alpha value is -0.820. The van der Waals surface area contributed by atoms with Crippen molar-refractivity contribution in [1.29, 1.82) is 0 Å². The molecule has 0 N–H and O–H groups in total. The normalized spacial score (nSPS) is 24.0. The summed E-state index contributed by atoms with van der Waals surface area (Å²) in [5, 5.41) is 0. The lowest BCUT2D eigenvalue weighted by Gasteiger charge is -2.05. The van der Waals surface area contributed by atoms with Gasteiger partial charge in [0, 0.05) is 7.11 Å². The van der Waals surface area contributed by atoms with E-state index in [2.05, 4.69) is 18.7 Å². The van der Waals surface area contributed by atoms with Crippen molar-refractivity contribution in [3.8, 4) is 0 Å². The lowest BCUT2D eigenvalue weighted by Crippen LogP contribution is -2.04. The van der Waals surface area contributed by atoms with Crippen LogP contribution in [0.25, 0.3) is 0 Å². The first-order chi connectivity index (χ1) is 5.81. The summed E-state index contributed by atoms with van der Waals surface area (Å²) < 4.78 is 5.30. The van der Waals surface area contributed by atoms with Crippen molar-refractivity contribution in [1.82, 2.24) is 0 Å². The minimum Gasteiger partial charge on any atom is -0.381 e. The summed E-state index contributed by atoms with van der Waals surface area (Å²) in [5.74, 6) is 0. The Bertz CT molecular complexity index is 223. The first-order valence-corrected chi connectivity index (χ1v) is 4.31. The summed E-state index contributed by atoms with van der Waals surface area (Å²) >= 11 is 0. The quantitative estimate of drug-likeness (QED) is 0.623. The van der Waals surface area contributed by atoms with E-state index in [-0.39, 0.29) is 0 Å². The molecule has 12 heavy (non-hydrogen) atoms. The highest BCUT2D eigenvalue weighted by atomic mass is 16.5. The van der Waals surface area contributed by atoms with Crippen molar-refractivity contribution in [2.45, 2.75) is 25.9 Å². The van der Waals surface area contributed by atoms with Crippen LogP contribution in [-0.2, 0) is 4.74 Å². The zero-order valence-corrected chi connectivity index (χ0v) is 7.84. The van der Waals surface area contributed by atoms with Crippen molar-refractivity contribution in [3.05, 3.63) is 36.0 Å². The van der Waals surface area contributed by atoms with Crippen LogP contribution in [0.4, 0.5) is 0 Å². The lowest BCUT2D eigenvalue weighted by molar-refractivity contribution is 0.112. The summed E-state index contributed by atoms with van der Waals surface area (Å²) in [4.78, 5) is 0. The second kappa shape index (κ2) is 4.27. The van der Waals surface area contributed by atoms with Crippen molar-refractivity contribution >= 4 is 0 Å². The molecule has 1 aliphatic carbocycles. The third kappa shape index (κ3) is 1.86. The summed E-state index contributed by atoms with van der Waals surface area (Å²) in [6.07, 6.45) is 8.56. The van der Waals surface area contributed by atoms with Gasteiger partial charge in [-0.3, -0.25) is 0 Å². The maximum Gasteiger partial charge on any atom is 0.0652 e. The molecule has 1 heteroatoms. The number of allylic oxidation sites excluding steroid dienone is 3. The molecule has 1 rings (SSSR count). The van der Waals surface area contributed by atoms with Gasteiger partial charge < -0.3 is 4.74 Å². The predicted molar refractivity (Wildman–Crippen MR) is 52.1 cm³/mol. The molecule has 0 aromatic carbocycles. The Morgan fingerprint density at radius 2 is 2.08 bits per heavy atom. The Morgan fingerprint density at radius 1 is 1.42 bits per heavy atom. The van der Waals surface area contributed by atoms with Crippen LogP contribution >= 0.6 is 0 Å². The molecule has 0 heterocycles. The highest BCUT2D eigenvalue weighted by Gasteiger charge is 2.19. The minimum atomic E-state index is 0.365. The van der Waals surface area contributed by atoms with E-state index >= 15 is 0 Å². The largest absolute Gasteiger partial charge is 0.381 e. The molecule has 0 amide bonds. The van der Waals surface area contributed by atoms with Crippen LogP contribution in [0.15, 0.2) is 36.0 Å². The van der Waals surface area contributed by atoms with E-state index in [4.69, 9.17) is 4.74 Å². The average Bonchev–Trinajstić information content (AvgIpc) is 2.48. The zero-order chi connectivity index (χ0) is 8.97. The van der Waals surface area contributed by atoms with Gasteiger partial charge >= 0.3 is 0 Å². The van der Waals surface area contributed by atoms with Crippen LogP contribution in [0.1, 0.15) is 19.8 Å². The number of hydrogen-bond donors (Lipinski definition) is 0. The molecule has 1 aliphatic rings. The van der Waals surface area contributed by atoms with E-state index in [0.29, 0.717) is 6.10 Å². The Morgan fingerprint density at radius 3 is 2.58 bits per heavy atom. The molecule has 1 atom stereocenters. The lowest BCUT2D eigenvalue weighted by atomic mass is 10.1.